The SMILES string of the molecule is CCS(=O)(=O)C1CSCCN1C(CN)CO. The summed E-state index contributed by atoms with van der Waals surface area (Å²) in [6.07, 6.45) is 0. The largest absolute Gasteiger partial charge is 0.395 e. The summed E-state index contributed by atoms with van der Waals surface area (Å²) >= 11 is 1.64. The Bertz CT molecular complexity index is 304. The van der Waals surface area contributed by atoms with Crippen molar-refractivity contribution in [3.05, 3.63) is 0 Å². The van der Waals surface area contributed by atoms with Gasteiger partial charge in [-0.05, 0) is 0 Å². The first-order valence-electron chi connectivity index (χ1n) is 5.42. The van der Waals surface area contributed by atoms with Gasteiger partial charge in [0.25, 0.3) is 0 Å². The van der Waals surface area contributed by atoms with Crippen LogP contribution in [0.2, 0.25) is 0 Å². The lowest BCUT2D eigenvalue weighted by Gasteiger charge is -2.39. The van der Waals surface area contributed by atoms with Gasteiger partial charge in [0.1, 0.15) is 5.37 Å². The summed E-state index contributed by atoms with van der Waals surface area (Å²) in [4.78, 5) is 1.84. The van der Waals surface area contributed by atoms with E-state index in [2.05, 4.69) is 0 Å². The lowest BCUT2D eigenvalue weighted by atomic mass is 10.2. The normalized spacial score (nSPS) is 25.6. The number of aliphatic hydroxyl groups excluding tert-OH is 1. The smallest absolute Gasteiger partial charge is 0.166 e. The zero-order chi connectivity index (χ0) is 12.2. The quantitative estimate of drug-likeness (QED) is 0.673. The van der Waals surface area contributed by atoms with E-state index in [1.54, 1.807) is 18.7 Å². The summed E-state index contributed by atoms with van der Waals surface area (Å²) in [5.74, 6) is 1.61. The van der Waals surface area contributed by atoms with Gasteiger partial charge in [-0.3, -0.25) is 4.90 Å². The molecule has 1 aliphatic heterocycles. The van der Waals surface area contributed by atoms with Crippen molar-refractivity contribution in [1.82, 2.24) is 4.90 Å². The van der Waals surface area contributed by atoms with Crippen molar-refractivity contribution in [1.29, 1.82) is 0 Å². The Balaban J connectivity index is 2.86. The molecule has 0 bridgehead atoms. The predicted molar refractivity (Wildman–Crippen MR) is 67.2 cm³/mol. The van der Waals surface area contributed by atoms with Crippen LogP contribution in [0.1, 0.15) is 6.92 Å². The second kappa shape index (κ2) is 6.20. The molecule has 0 saturated carbocycles. The highest BCUT2D eigenvalue weighted by Crippen LogP contribution is 2.23. The summed E-state index contributed by atoms with van der Waals surface area (Å²) in [6, 6.07) is -0.243. The number of aliphatic hydroxyl groups is 1. The van der Waals surface area contributed by atoms with Crippen molar-refractivity contribution in [3.8, 4) is 0 Å². The molecule has 0 spiro atoms. The second-order valence-corrected chi connectivity index (χ2v) is 7.39. The van der Waals surface area contributed by atoms with Crippen LogP contribution in [0.25, 0.3) is 0 Å². The highest BCUT2D eigenvalue weighted by Gasteiger charge is 2.35. The standard InChI is InChI=1S/C9H20N2O3S2/c1-2-16(13,14)9-7-15-4-3-11(9)8(5-10)6-12/h8-9,12H,2-7,10H2,1H3. The van der Waals surface area contributed by atoms with Gasteiger partial charge in [0, 0.05) is 36.4 Å². The molecule has 7 heteroatoms. The van der Waals surface area contributed by atoms with E-state index in [9.17, 15) is 13.5 Å². The highest BCUT2D eigenvalue weighted by atomic mass is 32.2. The van der Waals surface area contributed by atoms with Gasteiger partial charge in [-0.25, -0.2) is 8.42 Å². The number of rotatable bonds is 5. The lowest BCUT2D eigenvalue weighted by molar-refractivity contribution is 0.124. The fraction of sp³-hybridized carbons (Fsp3) is 1.00. The molecule has 0 aromatic carbocycles. The fourth-order valence-electron chi connectivity index (χ4n) is 1.83. The zero-order valence-corrected chi connectivity index (χ0v) is 11.1. The lowest BCUT2D eigenvalue weighted by Crippen LogP contribution is -2.55. The number of thioether (sulfide) groups is 1. The van der Waals surface area contributed by atoms with E-state index in [0.29, 0.717) is 12.3 Å². The topological polar surface area (TPSA) is 83.6 Å². The van der Waals surface area contributed by atoms with E-state index in [0.717, 1.165) is 5.75 Å². The van der Waals surface area contributed by atoms with E-state index in [-0.39, 0.29) is 24.9 Å². The third-order valence-electron chi connectivity index (χ3n) is 2.89. The Morgan fingerprint density at radius 2 is 2.31 bits per heavy atom. The Labute approximate surface area is 101 Å². The number of nitrogens with zero attached hydrogens (tertiary/aromatic N) is 1. The summed E-state index contributed by atoms with van der Waals surface area (Å²) in [5, 5.41) is 8.72. The van der Waals surface area contributed by atoms with Gasteiger partial charge >= 0.3 is 0 Å². The van der Waals surface area contributed by atoms with Crippen LogP contribution in [0.15, 0.2) is 0 Å². The molecule has 1 rings (SSSR count). The molecule has 16 heavy (non-hydrogen) atoms. The molecule has 96 valence electrons. The first-order chi connectivity index (χ1) is 7.56. The molecule has 1 fully saturated rings. The van der Waals surface area contributed by atoms with Gasteiger partial charge < -0.3 is 10.8 Å². The number of hydrogen-bond donors (Lipinski definition) is 2. The maximum atomic E-state index is 11.9. The Hall–Kier alpha value is 0.180. The summed E-state index contributed by atoms with van der Waals surface area (Å²) in [7, 11) is -3.10. The van der Waals surface area contributed by atoms with Gasteiger partial charge in [0.2, 0.25) is 0 Å². The number of sulfone groups is 1. The molecular weight excluding hydrogens is 248 g/mol. The van der Waals surface area contributed by atoms with Gasteiger partial charge in [-0.15, -0.1) is 0 Å². The van der Waals surface area contributed by atoms with Crippen LogP contribution in [-0.2, 0) is 9.84 Å². The fourth-order valence-corrected chi connectivity index (χ4v) is 4.92. The van der Waals surface area contributed by atoms with Crippen molar-refractivity contribution in [2.24, 2.45) is 5.73 Å². The Kier molecular flexibility index (Phi) is 5.52. The average molecular weight is 268 g/mol. The van der Waals surface area contributed by atoms with E-state index in [1.807, 2.05) is 4.90 Å². The molecule has 5 nitrogen and oxygen atoms in total. The van der Waals surface area contributed by atoms with Crippen molar-refractivity contribution in [3.63, 3.8) is 0 Å². The molecule has 1 saturated heterocycles. The van der Waals surface area contributed by atoms with Crippen molar-refractivity contribution >= 4 is 21.6 Å². The van der Waals surface area contributed by atoms with Crippen molar-refractivity contribution in [2.75, 3.05) is 37.0 Å². The maximum Gasteiger partial charge on any atom is 0.166 e. The first kappa shape index (κ1) is 14.2. The van der Waals surface area contributed by atoms with Gasteiger partial charge in [0.15, 0.2) is 9.84 Å². The van der Waals surface area contributed by atoms with Gasteiger partial charge in [0.05, 0.1) is 6.61 Å². The molecule has 2 atom stereocenters. The molecule has 1 aliphatic rings. The van der Waals surface area contributed by atoms with Crippen LogP contribution in [0.4, 0.5) is 0 Å². The van der Waals surface area contributed by atoms with Gasteiger partial charge in [-0.1, -0.05) is 6.92 Å². The second-order valence-electron chi connectivity index (χ2n) is 3.79. The van der Waals surface area contributed by atoms with Gasteiger partial charge in [-0.2, -0.15) is 11.8 Å². The molecule has 1 heterocycles. The molecular formula is C9H20N2O3S2. The minimum Gasteiger partial charge on any atom is -0.395 e. The van der Waals surface area contributed by atoms with Crippen LogP contribution < -0.4 is 5.73 Å². The molecule has 0 aromatic heterocycles. The van der Waals surface area contributed by atoms with E-state index in [1.165, 1.54) is 0 Å². The van der Waals surface area contributed by atoms with Crippen LogP contribution in [0.5, 0.6) is 0 Å². The third-order valence-corrected chi connectivity index (χ3v) is 6.20. The van der Waals surface area contributed by atoms with Crippen LogP contribution >= 0.6 is 11.8 Å². The number of hydrogen-bond acceptors (Lipinski definition) is 6. The summed E-state index contributed by atoms with van der Waals surface area (Å²) < 4.78 is 23.8. The van der Waals surface area contributed by atoms with Crippen LogP contribution in [0.3, 0.4) is 0 Å². The van der Waals surface area contributed by atoms with E-state index in [4.69, 9.17) is 5.73 Å². The van der Waals surface area contributed by atoms with Crippen LogP contribution in [0, 0.1) is 0 Å². The average Bonchev–Trinajstić information content (AvgIpc) is 2.31. The molecule has 0 aromatic rings. The Morgan fingerprint density at radius 3 is 2.81 bits per heavy atom. The molecule has 3 N–H and O–H groups in total. The minimum atomic E-state index is -3.10. The first-order valence-corrected chi connectivity index (χ1v) is 8.29. The molecule has 0 aliphatic carbocycles. The van der Waals surface area contributed by atoms with E-state index >= 15 is 0 Å². The monoisotopic (exact) mass is 268 g/mol. The molecule has 2 unspecified atom stereocenters. The van der Waals surface area contributed by atoms with Crippen LogP contribution in [-0.4, -0.2) is 66.8 Å². The molecule has 0 amide bonds. The third kappa shape index (κ3) is 3.10. The minimum absolute atomic E-state index is 0.0864. The summed E-state index contributed by atoms with van der Waals surface area (Å²) in [6.45, 7) is 2.54. The highest BCUT2D eigenvalue weighted by molar-refractivity contribution is 8.01. The van der Waals surface area contributed by atoms with Crippen molar-refractivity contribution in [2.45, 2.75) is 18.3 Å². The molecule has 0 radical (unpaired) electrons. The summed E-state index contributed by atoms with van der Waals surface area (Å²) in [5.41, 5.74) is 5.56. The van der Waals surface area contributed by atoms with E-state index < -0.39 is 15.2 Å². The Morgan fingerprint density at radius 1 is 1.62 bits per heavy atom. The van der Waals surface area contributed by atoms with Crippen molar-refractivity contribution < 1.29 is 13.5 Å². The number of nitrogens with two attached hydrogens (primary N) is 1. The predicted octanol–water partition coefficient (Wildman–Crippen LogP) is -0.884. The zero-order valence-electron chi connectivity index (χ0n) is 9.50. The maximum absolute atomic E-state index is 11.9.